The summed E-state index contributed by atoms with van der Waals surface area (Å²) in [7, 11) is 1.54. The summed E-state index contributed by atoms with van der Waals surface area (Å²) >= 11 is 0. The van der Waals surface area contributed by atoms with Crippen LogP contribution in [0.4, 0.5) is 4.39 Å². The highest BCUT2D eigenvalue weighted by molar-refractivity contribution is 6.03. The number of carbonyl (C=O) groups is 2. The van der Waals surface area contributed by atoms with Gasteiger partial charge >= 0.3 is 5.97 Å². The maximum Gasteiger partial charge on any atom is 0.360 e. The van der Waals surface area contributed by atoms with E-state index in [2.05, 4.69) is 5.10 Å². The van der Waals surface area contributed by atoms with Gasteiger partial charge in [0.2, 0.25) is 0 Å². The van der Waals surface area contributed by atoms with Crippen LogP contribution in [0.3, 0.4) is 0 Å². The number of nitrogens with zero attached hydrogens (tertiary/aromatic N) is 3. The number of amides is 1. The van der Waals surface area contributed by atoms with E-state index in [1.54, 1.807) is 73.8 Å². The van der Waals surface area contributed by atoms with Gasteiger partial charge < -0.3 is 9.64 Å². The zero-order valence-electron chi connectivity index (χ0n) is 18.6. The highest BCUT2D eigenvalue weighted by Crippen LogP contribution is 2.17. The topological polar surface area (TPSA) is 81.5 Å². The van der Waals surface area contributed by atoms with Crippen LogP contribution in [0.25, 0.3) is 16.5 Å². The van der Waals surface area contributed by atoms with E-state index < -0.39 is 23.8 Å². The summed E-state index contributed by atoms with van der Waals surface area (Å²) in [5, 5.41) is 4.90. The van der Waals surface area contributed by atoms with Gasteiger partial charge in [0.15, 0.2) is 11.8 Å². The molecule has 0 radical (unpaired) electrons. The lowest BCUT2D eigenvalue weighted by Gasteiger charge is -2.21. The average molecular weight is 459 g/mol. The number of halogens is 1. The number of esters is 1. The van der Waals surface area contributed by atoms with Crippen LogP contribution in [0, 0.1) is 5.82 Å². The van der Waals surface area contributed by atoms with E-state index in [4.69, 9.17) is 4.74 Å². The molecule has 8 heteroatoms. The van der Waals surface area contributed by atoms with Crippen molar-refractivity contribution in [1.82, 2.24) is 14.7 Å². The van der Waals surface area contributed by atoms with Crippen LogP contribution in [0.15, 0.2) is 83.7 Å². The van der Waals surface area contributed by atoms with Gasteiger partial charge in [0, 0.05) is 19.0 Å². The first kappa shape index (κ1) is 22.8. The highest BCUT2D eigenvalue weighted by atomic mass is 19.1. The lowest BCUT2D eigenvalue weighted by Crippen LogP contribution is -2.37. The van der Waals surface area contributed by atoms with E-state index in [9.17, 15) is 18.8 Å². The predicted octanol–water partition coefficient (Wildman–Crippen LogP) is 3.73. The van der Waals surface area contributed by atoms with E-state index >= 15 is 0 Å². The normalized spacial score (nSPS) is 11.7. The van der Waals surface area contributed by atoms with Crippen LogP contribution in [-0.4, -0.2) is 39.7 Å². The maximum atomic E-state index is 13.4. The van der Waals surface area contributed by atoms with Crippen molar-refractivity contribution in [2.75, 3.05) is 7.05 Å². The van der Waals surface area contributed by atoms with Crippen molar-refractivity contribution in [3.63, 3.8) is 0 Å². The van der Waals surface area contributed by atoms with Crippen molar-refractivity contribution < 1.29 is 18.7 Å². The molecule has 0 bridgehead atoms. The number of para-hydroxylation sites is 1. The number of hydrogen-bond acceptors (Lipinski definition) is 5. The van der Waals surface area contributed by atoms with Gasteiger partial charge in [-0.05, 0) is 42.8 Å². The van der Waals surface area contributed by atoms with Gasteiger partial charge in [0.05, 0.1) is 11.1 Å². The van der Waals surface area contributed by atoms with E-state index in [1.807, 2.05) is 0 Å². The van der Waals surface area contributed by atoms with Crippen LogP contribution in [-0.2, 0) is 16.1 Å². The zero-order chi connectivity index (χ0) is 24.2. The van der Waals surface area contributed by atoms with E-state index in [1.165, 1.54) is 24.0 Å². The Labute approximate surface area is 195 Å². The lowest BCUT2D eigenvalue weighted by molar-refractivity contribution is -0.139. The average Bonchev–Trinajstić information content (AvgIpc) is 2.84. The molecule has 1 amide bonds. The fraction of sp³-hybridized carbons (Fsp3) is 0.154. The Morgan fingerprint density at radius 3 is 2.38 bits per heavy atom. The molecule has 172 valence electrons. The van der Waals surface area contributed by atoms with Crippen molar-refractivity contribution in [1.29, 1.82) is 0 Å². The zero-order valence-corrected chi connectivity index (χ0v) is 18.6. The Balaban J connectivity index is 1.60. The minimum atomic E-state index is -1.12. The van der Waals surface area contributed by atoms with Gasteiger partial charge in [-0.25, -0.2) is 9.18 Å². The molecular formula is C26H22FN3O4. The number of rotatable bonds is 6. The first-order valence-corrected chi connectivity index (χ1v) is 10.6. The quantitative estimate of drug-likeness (QED) is 0.411. The van der Waals surface area contributed by atoms with Crippen LogP contribution < -0.4 is 5.56 Å². The molecule has 0 fully saturated rings. The predicted molar refractivity (Wildman–Crippen MR) is 125 cm³/mol. The van der Waals surface area contributed by atoms with Gasteiger partial charge in [-0.15, -0.1) is 0 Å². The summed E-state index contributed by atoms with van der Waals surface area (Å²) in [6, 6.07) is 21.2. The third kappa shape index (κ3) is 4.71. The molecular weight excluding hydrogens is 437 g/mol. The summed E-state index contributed by atoms with van der Waals surface area (Å²) in [5.41, 5.74) is 0.645. The first-order chi connectivity index (χ1) is 16.3. The largest absolute Gasteiger partial charge is 0.448 e. The Bertz CT molecular complexity index is 1420. The Kier molecular flexibility index (Phi) is 6.49. The summed E-state index contributed by atoms with van der Waals surface area (Å²) in [4.78, 5) is 40.2. The van der Waals surface area contributed by atoms with Crippen molar-refractivity contribution >= 4 is 22.6 Å². The van der Waals surface area contributed by atoms with Crippen LogP contribution >= 0.6 is 0 Å². The van der Waals surface area contributed by atoms with Crippen LogP contribution in [0.2, 0.25) is 0 Å². The third-order valence-electron chi connectivity index (χ3n) is 5.32. The monoisotopic (exact) mass is 459 g/mol. The van der Waals surface area contributed by atoms with Gasteiger partial charge in [-0.3, -0.25) is 9.59 Å². The highest BCUT2D eigenvalue weighted by Gasteiger charge is 2.25. The van der Waals surface area contributed by atoms with Crippen molar-refractivity contribution in [2.45, 2.75) is 19.6 Å². The molecule has 7 nitrogen and oxygen atoms in total. The molecule has 0 spiro atoms. The maximum absolute atomic E-state index is 13.4. The SMILES string of the molecule is CC(OC(=O)c1nn(-c2ccccc2)c(=O)c2ccccc12)C(=O)N(C)Cc1cccc(F)c1. The standard InChI is InChI=1S/C26H22FN3O4/c1-17(24(31)29(2)16-18-9-8-10-19(27)15-18)34-26(33)23-21-13-6-7-14-22(21)25(32)30(28-23)20-11-4-3-5-12-20/h3-15,17H,16H2,1-2H3. The molecule has 0 aliphatic carbocycles. The van der Waals surface area contributed by atoms with Crippen LogP contribution in [0.5, 0.6) is 0 Å². The van der Waals surface area contributed by atoms with Gasteiger partial charge in [-0.2, -0.15) is 9.78 Å². The smallest absolute Gasteiger partial charge is 0.360 e. The number of carbonyl (C=O) groups excluding carboxylic acids is 2. The molecule has 1 heterocycles. The molecule has 4 aromatic rings. The van der Waals surface area contributed by atoms with E-state index in [0.29, 0.717) is 22.0 Å². The Morgan fingerprint density at radius 2 is 1.68 bits per heavy atom. The molecule has 1 atom stereocenters. The van der Waals surface area contributed by atoms with E-state index in [0.717, 1.165) is 4.68 Å². The van der Waals surface area contributed by atoms with Gasteiger partial charge in [0.1, 0.15) is 5.82 Å². The second kappa shape index (κ2) is 9.66. The number of ether oxygens (including phenoxy) is 1. The Morgan fingerprint density at radius 1 is 1.00 bits per heavy atom. The molecule has 0 saturated carbocycles. The molecule has 0 saturated heterocycles. The molecule has 0 N–H and O–H groups in total. The minimum absolute atomic E-state index is 0.0773. The number of likely N-dealkylation sites (N-methyl/N-ethyl adjacent to an activating group) is 1. The van der Waals surface area contributed by atoms with Gasteiger partial charge in [0.25, 0.3) is 11.5 Å². The third-order valence-corrected chi connectivity index (χ3v) is 5.32. The fourth-order valence-corrected chi connectivity index (χ4v) is 3.65. The molecule has 0 aliphatic rings. The van der Waals surface area contributed by atoms with Crippen LogP contribution in [0.1, 0.15) is 23.0 Å². The summed E-state index contributed by atoms with van der Waals surface area (Å²) in [6.07, 6.45) is -1.12. The summed E-state index contributed by atoms with van der Waals surface area (Å²) in [5.74, 6) is -1.69. The molecule has 1 unspecified atom stereocenters. The summed E-state index contributed by atoms with van der Waals surface area (Å²) < 4.78 is 20.0. The molecule has 0 aliphatic heterocycles. The van der Waals surface area contributed by atoms with Crippen molar-refractivity contribution in [2.24, 2.45) is 0 Å². The molecule has 34 heavy (non-hydrogen) atoms. The molecule has 3 aromatic carbocycles. The molecule has 1 aromatic heterocycles. The lowest BCUT2D eigenvalue weighted by atomic mass is 10.1. The molecule has 4 rings (SSSR count). The van der Waals surface area contributed by atoms with Gasteiger partial charge in [-0.1, -0.05) is 48.5 Å². The van der Waals surface area contributed by atoms with Crippen molar-refractivity contribution in [3.8, 4) is 5.69 Å². The number of hydrogen-bond donors (Lipinski definition) is 0. The second-order valence-electron chi connectivity index (χ2n) is 7.82. The first-order valence-electron chi connectivity index (χ1n) is 10.6. The number of fused-ring (bicyclic) bond motifs is 1. The summed E-state index contributed by atoms with van der Waals surface area (Å²) in [6.45, 7) is 1.61. The second-order valence-corrected chi connectivity index (χ2v) is 7.82. The number of benzene rings is 3. The fourth-order valence-electron chi connectivity index (χ4n) is 3.65. The van der Waals surface area contributed by atoms with Crippen molar-refractivity contribution in [3.05, 3.63) is 106 Å². The Hall–Kier alpha value is -4.33. The minimum Gasteiger partial charge on any atom is -0.448 e. The number of aromatic nitrogens is 2. The van der Waals surface area contributed by atoms with E-state index in [-0.39, 0.29) is 17.8 Å².